The molecule has 4 aromatic rings. The number of fused-ring (bicyclic) bond motifs is 1. The Kier molecular flexibility index (Phi) is 7.76. The number of ether oxygens (including phenoxy) is 1. The first-order valence-electron chi connectivity index (χ1n) is 10.6. The third-order valence-electron chi connectivity index (χ3n) is 5.23. The molecule has 0 bridgehead atoms. The summed E-state index contributed by atoms with van der Waals surface area (Å²) in [5, 5.41) is 10.6. The number of sulfonamides is 1. The van der Waals surface area contributed by atoms with Gasteiger partial charge in [0.15, 0.2) is 5.13 Å². The fourth-order valence-electron chi connectivity index (χ4n) is 3.55. The lowest BCUT2D eigenvalue weighted by molar-refractivity contribution is -0.192. The van der Waals surface area contributed by atoms with Gasteiger partial charge in [-0.25, -0.2) is 22.6 Å². The standard InChI is InChI=1S/C22H16FN3O3S2.C2HF3O2/c23-16-1-3-19(20(12-16)15-6-9-29-13-15)21-18-4-2-17(11-14(18)5-7-24-21)31(27,28)26-22-25-8-10-30-22;3-2(4,5)1(6)7/h1-8,10-12H,9,13H2,(H,25,26);(H,6,7). The van der Waals surface area contributed by atoms with Crippen molar-refractivity contribution in [1.29, 1.82) is 0 Å². The Morgan fingerprint density at radius 2 is 1.82 bits per heavy atom. The molecule has 0 saturated heterocycles. The van der Waals surface area contributed by atoms with Crippen LogP contribution in [0, 0.1) is 5.82 Å². The molecule has 1 aliphatic heterocycles. The van der Waals surface area contributed by atoms with Gasteiger partial charge in [-0.05, 0) is 52.9 Å². The summed E-state index contributed by atoms with van der Waals surface area (Å²) in [6.45, 7) is 0.896. The maximum Gasteiger partial charge on any atom is 0.490 e. The molecule has 0 atom stereocenters. The Morgan fingerprint density at radius 3 is 2.45 bits per heavy atom. The lowest BCUT2D eigenvalue weighted by Crippen LogP contribution is -2.21. The molecule has 0 amide bonds. The van der Waals surface area contributed by atoms with Gasteiger partial charge in [0.05, 0.1) is 23.8 Å². The van der Waals surface area contributed by atoms with Crippen LogP contribution >= 0.6 is 11.3 Å². The minimum Gasteiger partial charge on any atom is -0.475 e. The quantitative estimate of drug-likeness (QED) is 0.312. The molecule has 0 saturated carbocycles. The summed E-state index contributed by atoms with van der Waals surface area (Å²) < 4.78 is 79.1. The summed E-state index contributed by atoms with van der Waals surface area (Å²) in [5.41, 5.74) is 3.04. The second-order valence-electron chi connectivity index (χ2n) is 7.72. The number of carbonyl (C=O) groups is 1. The number of halogens is 4. The normalized spacial score (nSPS) is 13.5. The van der Waals surface area contributed by atoms with Crippen molar-refractivity contribution in [3.8, 4) is 11.3 Å². The lowest BCUT2D eigenvalue weighted by atomic mass is 9.95. The Hall–Kier alpha value is -3.88. The average Bonchev–Trinajstić information content (AvgIpc) is 3.58. The number of alkyl halides is 3. The van der Waals surface area contributed by atoms with E-state index in [-0.39, 0.29) is 10.7 Å². The molecule has 0 spiro atoms. The van der Waals surface area contributed by atoms with E-state index in [0.29, 0.717) is 29.4 Å². The van der Waals surface area contributed by atoms with E-state index in [1.165, 1.54) is 35.7 Å². The number of nitrogens with one attached hydrogen (secondary N) is 1. The molecule has 2 N–H and O–H groups in total. The summed E-state index contributed by atoms with van der Waals surface area (Å²) in [6, 6.07) is 11.2. The predicted molar refractivity (Wildman–Crippen MR) is 133 cm³/mol. The van der Waals surface area contributed by atoms with E-state index < -0.39 is 22.2 Å². The van der Waals surface area contributed by atoms with Crippen molar-refractivity contribution in [2.24, 2.45) is 0 Å². The van der Waals surface area contributed by atoms with Gasteiger partial charge in [-0.3, -0.25) is 9.71 Å². The van der Waals surface area contributed by atoms with Crippen molar-refractivity contribution in [2.75, 3.05) is 17.9 Å². The molecule has 0 unspecified atom stereocenters. The molecule has 3 heterocycles. The summed E-state index contributed by atoms with van der Waals surface area (Å²) in [7, 11) is -3.78. The van der Waals surface area contributed by atoms with Crippen molar-refractivity contribution in [3.63, 3.8) is 0 Å². The van der Waals surface area contributed by atoms with Gasteiger partial charge >= 0.3 is 12.1 Å². The second-order valence-corrected chi connectivity index (χ2v) is 10.3. The van der Waals surface area contributed by atoms with Crippen molar-refractivity contribution < 1.29 is 40.6 Å². The molecule has 5 rings (SSSR count). The highest BCUT2D eigenvalue weighted by Crippen LogP contribution is 2.35. The molecule has 2 aromatic heterocycles. The Balaban J connectivity index is 0.000000426. The van der Waals surface area contributed by atoms with Crippen molar-refractivity contribution in [2.45, 2.75) is 11.1 Å². The van der Waals surface area contributed by atoms with E-state index in [0.717, 1.165) is 22.1 Å². The number of pyridine rings is 1. The number of thiazole rings is 1. The molecule has 198 valence electrons. The summed E-state index contributed by atoms with van der Waals surface area (Å²) in [5.74, 6) is -3.10. The summed E-state index contributed by atoms with van der Waals surface area (Å²) >= 11 is 1.21. The van der Waals surface area contributed by atoms with Crippen LogP contribution in [-0.4, -0.2) is 48.9 Å². The summed E-state index contributed by atoms with van der Waals surface area (Å²) in [6.07, 6.45) is -0.000680. The monoisotopic (exact) mass is 567 g/mol. The molecular formula is C24H17F4N3O5S2. The van der Waals surface area contributed by atoms with E-state index in [9.17, 15) is 26.0 Å². The number of carboxylic acids is 1. The number of hydrogen-bond acceptors (Lipinski definition) is 7. The number of benzene rings is 2. The molecule has 0 radical (unpaired) electrons. The van der Waals surface area contributed by atoms with Gasteiger partial charge in [-0.2, -0.15) is 13.2 Å². The number of carboxylic acid groups (broad SMARTS) is 1. The Bertz CT molecular complexity index is 1620. The minimum absolute atomic E-state index is 0.124. The fraction of sp³-hybridized carbons (Fsp3) is 0.125. The third-order valence-corrected chi connectivity index (χ3v) is 7.38. The van der Waals surface area contributed by atoms with E-state index in [1.54, 1.807) is 35.8 Å². The SMILES string of the molecule is O=C(O)C(F)(F)F.O=S(=O)(Nc1nccs1)c1ccc2c(-c3ccc(F)cc3C3=CCOC3)nccc2c1. The zero-order valence-corrected chi connectivity index (χ0v) is 20.7. The molecule has 0 aliphatic carbocycles. The van der Waals surface area contributed by atoms with E-state index in [1.807, 2.05) is 6.08 Å². The van der Waals surface area contributed by atoms with Gasteiger partial charge in [0.1, 0.15) is 5.82 Å². The van der Waals surface area contributed by atoms with Crippen molar-refractivity contribution in [3.05, 3.63) is 77.7 Å². The van der Waals surface area contributed by atoms with E-state index in [4.69, 9.17) is 14.6 Å². The van der Waals surface area contributed by atoms with Crippen LogP contribution in [0.3, 0.4) is 0 Å². The third kappa shape index (κ3) is 6.15. The van der Waals surface area contributed by atoms with E-state index >= 15 is 0 Å². The van der Waals surface area contributed by atoms with Gasteiger partial charge in [0.25, 0.3) is 10.0 Å². The van der Waals surface area contributed by atoms with Gasteiger partial charge in [0.2, 0.25) is 0 Å². The van der Waals surface area contributed by atoms with Crippen LogP contribution in [0.15, 0.2) is 71.2 Å². The first kappa shape index (κ1) is 27.2. The molecule has 38 heavy (non-hydrogen) atoms. The zero-order chi connectivity index (χ0) is 27.5. The molecular weight excluding hydrogens is 550 g/mol. The Labute approximate surface area is 217 Å². The maximum atomic E-state index is 14.0. The number of nitrogens with zero attached hydrogens (tertiary/aromatic N) is 2. The average molecular weight is 568 g/mol. The number of hydrogen-bond donors (Lipinski definition) is 2. The molecule has 1 aliphatic rings. The van der Waals surface area contributed by atoms with Crippen LogP contribution in [0.2, 0.25) is 0 Å². The van der Waals surface area contributed by atoms with E-state index in [2.05, 4.69) is 14.7 Å². The highest BCUT2D eigenvalue weighted by molar-refractivity contribution is 7.93. The smallest absolute Gasteiger partial charge is 0.475 e. The van der Waals surface area contributed by atoms with Crippen LogP contribution in [0.5, 0.6) is 0 Å². The fourth-order valence-corrected chi connectivity index (χ4v) is 5.37. The van der Waals surface area contributed by atoms with Gasteiger partial charge in [0, 0.05) is 28.7 Å². The molecule has 2 aromatic carbocycles. The van der Waals surface area contributed by atoms with Crippen molar-refractivity contribution >= 4 is 48.8 Å². The van der Waals surface area contributed by atoms with Crippen LogP contribution in [0.1, 0.15) is 5.56 Å². The Morgan fingerprint density at radius 1 is 1.05 bits per heavy atom. The zero-order valence-electron chi connectivity index (χ0n) is 19.1. The van der Waals surface area contributed by atoms with Crippen LogP contribution in [0.4, 0.5) is 22.7 Å². The highest BCUT2D eigenvalue weighted by Gasteiger charge is 2.38. The molecule has 0 fully saturated rings. The lowest BCUT2D eigenvalue weighted by Gasteiger charge is -2.13. The van der Waals surface area contributed by atoms with Crippen molar-refractivity contribution in [1.82, 2.24) is 9.97 Å². The van der Waals surface area contributed by atoms with Gasteiger partial charge in [-0.15, -0.1) is 11.3 Å². The molecule has 8 nitrogen and oxygen atoms in total. The largest absolute Gasteiger partial charge is 0.490 e. The molecule has 14 heteroatoms. The number of rotatable bonds is 5. The van der Waals surface area contributed by atoms with Crippen LogP contribution in [0.25, 0.3) is 27.6 Å². The highest BCUT2D eigenvalue weighted by atomic mass is 32.2. The summed E-state index contributed by atoms with van der Waals surface area (Å²) in [4.78, 5) is 17.5. The van der Waals surface area contributed by atoms with Crippen LogP contribution in [-0.2, 0) is 19.6 Å². The minimum atomic E-state index is -5.08. The number of aromatic nitrogens is 2. The number of aliphatic carboxylic acids is 1. The first-order chi connectivity index (χ1) is 18.0. The maximum absolute atomic E-state index is 14.0. The van der Waals surface area contributed by atoms with Gasteiger partial charge < -0.3 is 9.84 Å². The van der Waals surface area contributed by atoms with Crippen LogP contribution < -0.4 is 4.72 Å². The topological polar surface area (TPSA) is 118 Å². The first-order valence-corrected chi connectivity index (χ1v) is 13.0. The second kappa shape index (κ2) is 10.8. The van der Waals surface area contributed by atoms with Gasteiger partial charge in [-0.1, -0.05) is 12.1 Å². The predicted octanol–water partition coefficient (Wildman–Crippen LogP) is 5.35. The number of anilines is 1.